The van der Waals surface area contributed by atoms with Crippen molar-refractivity contribution in [3.05, 3.63) is 70.8 Å². The van der Waals surface area contributed by atoms with Crippen LogP contribution in [0, 0.1) is 6.92 Å². The van der Waals surface area contributed by atoms with Gasteiger partial charge in [0.2, 0.25) is 5.91 Å². The smallest absolute Gasteiger partial charge is 0.417 e. The highest BCUT2D eigenvalue weighted by atomic mass is 16.6. The van der Waals surface area contributed by atoms with E-state index in [2.05, 4.69) is 0 Å². The molecule has 2 aromatic rings. The molecule has 0 saturated carbocycles. The van der Waals surface area contributed by atoms with E-state index in [1.54, 1.807) is 0 Å². The molecule has 0 unspecified atom stereocenters. The quantitative estimate of drug-likeness (QED) is 0.856. The monoisotopic (exact) mass is 307 g/mol. The van der Waals surface area contributed by atoms with E-state index in [4.69, 9.17) is 4.74 Å². The molecule has 1 fully saturated rings. The van der Waals surface area contributed by atoms with Gasteiger partial charge in [-0.05, 0) is 23.6 Å². The Morgan fingerprint density at radius 3 is 2.87 bits per heavy atom. The number of carbonyl (C=O) groups is 2. The first kappa shape index (κ1) is 14.0. The lowest BCUT2D eigenvalue weighted by atomic mass is 10.0. The van der Waals surface area contributed by atoms with Crippen LogP contribution in [0.3, 0.4) is 0 Å². The van der Waals surface area contributed by atoms with E-state index in [0.717, 1.165) is 22.3 Å². The predicted octanol–water partition coefficient (Wildman–Crippen LogP) is 3.18. The molecule has 1 aliphatic heterocycles. The van der Waals surface area contributed by atoms with E-state index in [-0.39, 0.29) is 24.5 Å². The summed E-state index contributed by atoms with van der Waals surface area (Å²) in [6.45, 7) is 1.99. The van der Waals surface area contributed by atoms with Crippen LogP contribution in [0.2, 0.25) is 0 Å². The Labute approximate surface area is 134 Å². The predicted molar refractivity (Wildman–Crippen MR) is 84.9 cm³/mol. The minimum absolute atomic E-state index is 0.204. The van der Waals surface area contributed by atoms with Crippen molar-refractivity contribution < 1.29 is 14.3 Å². The summed E-state index contributed by atoms with van der Waals surface area (Å²) in [5.41, 5.74) is 4.20. The van der Waals surface area contributed by atoms with Crippen molar-refractivity contribution in [3.63, 3.8) is 0 Å². The normalized spacial score (nSPS) is 21.8. The summed E-state index contributed by atoms with van der Waals surface area (Å²) < 4.78 is 5.43. The number of amides is 2. The summed E-state index contributed by atoms with van der Waals surface area (Å²) in [5.74, 6) is -0.204. The van der Waals surface area contributed by atoms with Crippen molar-refractivity contribution >= 4 is 12.0 Å². The number of hydrogen-bond acceptors (Lipinski definition) is 3. The van der Waals surface area contributed by atoms with Gasteiger partial charge in [0.1, 0.15) is 12.1 Å². The SMILES string of the molecule is Cc1cccc(CC(=O)N2C(=O)O[C@@H]3Cc4ccccc4[C@@H]32)c1. The Kier molecular flexibility index (Phi) is 3.18. The average Bonchev–Trinajstić information content (AvgIpc) is 3.01. The molecule has 1 heterocycles. The fraction of sp³-hybridized carbons (Fsp3) is 0.263. The van der Waals surface area contributed by atoms with Gasteiger partial charge in [0.05, 0.1) is 6.42 Å². The fourth-order valence-electron chi connectivity index (χ4n) is 3.59. The molecule has 2 aromatic carbocycles. The van der Waals surface area contributed by atoms with Gasteiger partial charge in [0.15, 0.2) is 0 Å². The van der Waals surface area contributed by atoms with Crippen LogP contribution < -0.4 is 0 Å². The molecule has 1 aliphatic carbocycles. The molecule has 23 heavy (non-hydrogen) atoms. The molecule has 0 bridgehead atoms. The number of carbonyl (C=O) groups excluding carboxylic acids is 2. The molecule has 2 amide bonds. The molecule has 2 aliphatic rings. The van der Waals surface area contributed by atoms with Gasteiger partial charge in [0, 0.05) is 6.42 Å². The number of ether oxygens (including phenoxy) is 1. The zero-order valence-corrected chi connectivity index (χ0v) is 12.9. The second kappa shape index (κ2) is 5.23. The largest absolute Gasteiger partial charge is 0.443 e. The molecular weight excluding hydrogens is 290 g/mol. The Hall–Kier alpha value is -2.62. The van der Waals surface area contributed by atoms with E-state index in [1.165, 1.54) is 4.90 Å². The van der Waals surface area contributed by atoms with Crippen LogP contribution >= 0.6 is 0 Å². The average molecular weight is 307 g/mol. The minimum Gasteiger partial charge on any atom is -0.443 e. The maximum atomic E-state index is 12.7. The maximum absolute atomic E-state index is 12.7. The van der Waals surface area contributed by atoms with Crippen molar-refractivity contribution in [2.24, 2.45) is 0 Å². The molecule has 0 radical (unpaired) electrons. The van der Waals surface area contributed by atoms with Gasteiger partial charge in [-0.15, -0.1) is 0 Å². The second-order valence-electron chi connectivity index (χ2n) is 6.20. The summed E-state index contributed by atoms with van der Waals surface area (Å²) >= 11 is 0. The van der Waals surface area contributed by atoms with Crippen molar-refractivity contribution in [3.8, 4) is 0 Å². The number of fused-ring (bicyclic) bond motifs is 3. The molecule has 4 heteroatoms. The van der Waals surface area contributed by atoms with Gasteiger partial charge in [-0.2, -0.15) is 0 Å². The number of benzene rings is 2. The van der Waals surface area contributed by atoms with Gasteiger partial charge in [0.25, 0.3) is 0 Å². The standard InChI is InChI=1S/C19H17NO3/c1-12-5-4-6-13(9-12)10-17(21)20-18-15-8-3-2-7-14(15)11-16(18)23-19(20)22/h2-9,16,18H,10-11H2,1H3/t16-,18+/m1/s1. The van der Waals surface area contributed by atoms with Crippen molar-refractivity contribution in [1.82, 2.24) is 4.90 Å². The molecule has 0 aromatic heterocycles. The van der Waals surface area contributed by atoms with Crippen molar-refractivity contribution in [1.29, 1.82) is 0 Å². The number of nitrogens with zero attached hydrogens (tertiary/aromatic N) is 1. The summed E-state index contributed by atoms with van der Waals surface area (Å²) in [5, 5.41) is 0. The van der Waals surface area contributed by atoms with Crippen molar-refractivity contribution in [2.75, 3.05) is 0 Å². The fourth-order valence-corrected chi connectivity index (χ4v) is 3.59. The zero-order valence-electron chi connectivity index (χ0n) is 12.9. The third-order valence-electron chi connectivity index (χ3n) is 4.58. The second-order valence-corrected chi connectivity index (χ2v) is 6.20. The molecule has 1 saturated heterocycles. The molecule has 2 atom stereocenters. The lowest BCUT2D eigenvalue weighted by Crippen LogP contribution is -2.35. The van der Waals surface area contributed by atoms with Gasteiger partial charge in [-0.25, -0.2) is 9.69 Å². The molecule has 4 nitrogen and oxygen atoms in total. The summed E-state index contributed by atoms with van der Waals surface area (Å²) in [4.78, 5) is 26.2. The lowest BCUT2D eigenvalue weighted by molar-refractivity contribution is -0.128. The van der Waals surface area contributed by atoms with Crippen molar-refractivity contribution in [2.45, 2.75) is 31.9 Å². The van der Waals surface area contributed by atoms with Crippen LogP contribution in [0.15, 0.2) is 48.5 Å². The van der Waals surface area contributed by atoms with Gasteiger partial charge < -0.3 is 4.74 Å². The highest BCUT2D eigenvalue weighted by Gasteiger charge is 2.50. The molecule has 0 N–H and O–H groups in total. The highest BCUT2D eigenvalue weighted by molar-refractivity contribution is 5.95. The molecule has 0 spiro atoms. The van der Waals surface area contributed by atoms with Crippen LogP contribution in [0.25, 0.3) is 0 Å². The summed E-state index contributed by atoms with van der Waals surface area (Å²) in [7, 11) is 0. The van der Waals surface area contributed by atoms with Crippen LogP contribution in [-0.4, -0.2) is 23.0 Å². The van der Waals surface area contributed by atoms with Gasteiger partial charge in [-0.1, -0.05) is 54.1 Å². The molecular formula is C19H17NO3. The number of imide groups is 1. The Balaban J connectivity index is 1.63. The third-order valence-corrected chi connectivity index (χ3v) is 4.58. The van der Waals surface area contributed by atoms with E-state index in [9.17, 15) is 9.59 Å². The number of rotatable bonds is 2. The number of hydrogen-bond donors (Lipinski definition) is 0. The van der Waals surface area contributed by atoms with E-state index in [1.807, 2.05) is 55.5 Å². The first-order valence-electron chi connectivity index (χ1n) is 7.79. The zero-order chi connectivity index (χ0) is 16.0. The first-order valence-corrected chi connectivity index (χ1v) is 7.79. The molecule has 4 rings (SSSR count). The highest BCUT2D eigenvalue weighted by Crippen LogP contribution is 2.42. The maximum Gasteiger partial charge on any atom is 0.417 e. The van der Waals surface area contributed by atoms with Crippen LogP contribution in [0.1, 0.15) is 28.3 Å². The summed E-state index contributed by atoms with van der Waals surface area (Å²) in [6.07, 6.45) is 0.122. The van der Waals surface area contributed by atoms with E-state index >= 15 is 0 Å². The van der Waals surface area contributed by atoms with Crippen LogP contribution in [-0.2, 0) is 22.4 Å². The Bertz CT molecular complexity index is 799. The third kappa shape index (κ3) is 2.31. The minimum atomic E-state index is -0.521. The summed E-state index contributed by atoms with van der Waals surface area (Å²) in [6, 6.07) is 15.4. The Morgan fingerprint density at radius 1 is 1.22 bits per heavy atom. The topological polar surface area (TPSA) is 46.6 Å². The van der Waals surface area contributed by atoms with E-state index in [0.29, 0.717) is 6.42 Å². The number of aryl methyl sites for hydroxylation is 1. The Morgan fingerprint density at radius 2 is 2.04 bits per heavy atom. The lowest BCUT2D eigenvalue weighted by Gasteiger charge is -2.19. The molecule has 116 valence electrons. The van der Waals surface area contributed by atoms with Crippen LogP contribution in [0.5, 0.6) is 0 Å². The van der Waals surface area contributed by atoms with E-state index < -0.39 is 6.09 Å². The van der Waals surface area contributed by atoms with Gasteiger partial charge >= 0.3 is 6.09 Å². The first-order chi connectivity index (χ1) is 11.1. The van der Waals surface area contributed by atoms with Crippen LogP contribution in [0.4, 0.5) is 4.79 Å². The van der Waals surface area contributed by atoms with Gasteiger partial charge in [-0.3, -0.25) is 4.79 Å².